The second-order valence-corrected chi connectivity index (χ2v) is 11.1. The van der Waals surface area contributed by atoms with E-state index < -0.39 is 0 Å². The van der Waals surface area contributed by atoms with Crippen molar-refractivity contribution in [2.24, 2.45) is 0 Å². The molecule has 6 heteroatoms. The molecule has 0 aromatic heterocycles. The van der Waals surface area contributed by atoms with Crippen LogP contribution < -0.4 is 21.9 Å². The first-order valence-corrected chi connectivity index (χ1v) is 14.0. The third kappa shape index (κ3) is 12.1. The van der Waals surface area contributed by atoms with Gasteiger partial charge in [0.05, 0.1) is 26.2 Å². The Morgan fingerprint density at radius 2 is 1.03 bits per heavy atom. The highest BCUT2D eigenvalue weighted by molar-refractivity contribution is 5.28. The molecule has 2 aromatic rings. The van der Waals surface area contributed by atoms with E-state index in [2.05, 4.69) is 86.5 Å². The van der Waals surface area contributed by atoms with Crippen LogP contribution in [-0.2, 0) is 12.8 Å². The molecule has 0 spiro atoms. The van der Waals surface area contributed by atoms with Crippen molar-refractivity contribution in [1.29, 1.82) is 0 Å². The molecule has 2 aromatic carbocycles. The molecule has 37 heavy (non-hydrogen) atoms. The molecule has 1 fully saturated rings. The van der Waals surface area contributed by atoms with Crippen LogP contribution in [0.15, 0.2) is 48.5 Å². The number of likely N-dealkylation sites (N-methyl/N-ethyl adjacent to an activating group) is 2. The van der Waals surface area contributed by atoms with Crippen molar-refractivity contribution in [3.8, 4) is 11.5 Å². The summed E-state index contributed by atoms with van der Waals surface area (Å²) >= 11 is 0. The number of hydrogen-bond donors (Lipinski definition) is 0. The zero-order valence-corrected chi connectivity index (χ0v) is 24.5. The van der Waals surface area contributed by atoms with Crippen LogP contribution in [0.5, 0.6) is 11.5 Å². The Hall–Kier alpha value is -1.79. The first-order chi connectivity index (χ1) is 17.4. The van der Waals surface area contributed by atoms with E-state index >= 15 is 0 Å². The Bertz CT molecular complexity index is 784. The third-order valence-corrected chi connectivity index (χ3v) is 7.42. The van der Waals surface area contributed by atoms with Gasteiger partial charge in [-0.3, -0.25) is 0 Å². The molecule has 208 valence electrons. The monoisotopic (exact) mass is 531 g/mol. The van der Waals surface area contributed by atoms with Gasteiger partial charge in [-0.05, 0) is 95.7 Å². The number of hydrogen-bond acceptors (Lipinski definition) is 4. The number of benzene rings is 2. The minimum absolute atomic E-state index is 0. The number of aryl methyl sites for hydroxylation is 2. The lowest BCUT2D eigenvalue weighted by atomic mass is 10.0. The Morgan fingerprint density at radius 3 is 1.41 bits per heavy atom. The van der Waals surface area contributed by atoms with Gasteiger partial charge in [0, 0.05) is 25.9 Å². The van der Waals surface area contributed by atoms with Gasteiger partial charge in [0.25, 0.3) is 0 Å². The molecule has 0 radical (unpaired) electrons. The second kappa shape index (κ2) is 16.9. The van der Waals surface area contributed by atoms with Crippen molar-refractivity contribution >= 4 is 0 Å². The summed E-state index contributed by atoms with van der Waals surface area (Å²) in [5, 5.41) is 0. The zero-order chi connectivity index (χ0) is 25.6. The molecule has 0 saturated carbocycles. The van der Waals surface area contributed by atoms with E-state index in [1.165, 1.54) is 73.9 Å². The lowest BCUT2D eigenvalue weighted by Gasteiger charge is -2.42. The van der Waals surface area contributed by atoms with Crippen molar-refractivity contribution in [2.45, 2.75) is 44.9 Å². The predicted molar refractivity (Wildman–Crippen MR) is 151 cm³/mol. The molecule has 0 atom stereocenters. The van der Waals surface area contributed by atoms with Gasteiger partial charge < -0.3 is 36.2 Å². The molecular formula is C31H50ClN3O2. The molecule has 1 saturated heterocycles. The Labute approximate surface area is 232 Å². The molecule has 3 rings (SSSR count). The number of likely N-dealkylation sites (tertiary alicyclic amines) is 1. The Kier molecular flexibility index (Phi) is 14.4. The molecule has 1 heterocycles. The van der Waals surface area contributed by atoms with E-state index in [-0.39, 0.29) is 12.4 Å². The third-order valence-electron chi connectivity index (χ3n) is 7.42. The van der Waals surface area contributed by atoms with Crippen LogP contribution in [-0.4, -0.2) is 95.0 Å². The lowest BCUT2D eigenvalue weighted by molar-refractivity contribution is -0.932. The first kappa shape index (κ1) is 31.4. The first-order valence-electron chi connectivity index (χ1n) is 14.0. The van der Waals surface area contributed by atoms with Crippen LogP contribution in [0.4, 0.5) is 0 Å². The molecule has 1 aliphatic rings. The molecule has 0 aliphatic carbocycles. The van der Waals surface area contributed by atoms with Gasteiger partial charge in [-0.1, -0.05) is 24.3 Å². The van der Waals surface area contributed by atoms with Gasteiger partial charge >= 0.3 is 0 Å². The van der Waals surface area contributed by atoms with Gasteiger partial charge in [-0.25, -0.2) is 0 Å². The van der Waals surface area contributed by atoms with E-state index in [0.29, 0.717) is 0 Å². The molecule has 5 nitrogen and oxygen atoms in total. The fourth-order valence-corrected chi connectivity index (χ4v) is 5.18. The number of piperidine rings is 1. The number of rotatable bonds is 16. The van der Waals surface area contributed by atoms with Crippen LogP contribution in [0.1, 0.15) is 43.2 Å². The van der Waals surface area contributed by atoms with Crippen molar-refractivity contribution in [3.63, 3.8) is 0 Å². The summed E-state index contributed by atoms with van der Waals surface area (Å²) in [5.41, 5.74) is 2.86. The van der Waals surface area contributed by atoms with Crippen molar-refractivity contribution in [3.05, 3.63) is 59.7 Å². The van der Waals surface area contributed by atoms with E-state index in [9.17, 15) is 0 Å². The van der Waals surface area contributed by atoms with Gasteiger partial charge in [-0.2, -0.15) is 0 Å². The highest BCUT2D eigenvalue weighted by Crippen LogP contribution is 2.23. The van der Waals surface area contributed by atoms with Crippen LogP contribution in [0.2, 0.25) is 0 Å². The quantitative estimate of drug-likeness (QED) is 0.310. The van der Waals surface area contributed by atoms with Gasteiger partial charge in [0.2, 0.25) is 0 Å². The van der Waals surface area contributed by atoms with E-state index in [0.717, 1.165) is 50.6 Å². The summed E-state index contributed by atoms with van der Waals surface area (Å²) in [6.45, 7) is 8.69. The van der Waals surface area contributed by atoms with Crippen LogP contribution >= 0.6 is 0 Å². The maximum Gasteiger partial charge on any atom is 0.119 e. The lowest BCUT2D eigenvalue weighted by Crippen LogP contribution is -3.00. The second-order valence-electron chi connectivity index (χ2n) is 11.1. The number of nitrogens with zero attached hydrogens (tertiary/aromatic N) is 3. The van der Waals surface area contributed by atoms with Crippen molar-refractivity contribution in [1.82, 2.24) is 9.80 Å². The summed E-state index contributed by atoms with van der Waals surface area (Å²) in [7, 11) is 8.30. The molecule has 0 unspecified atom stereocenters. The van der Waals surface area contributed by atoms with E-state index in [1.807, 2.05) is 0 Å². The number of quaternary nitrogens is 1. The van der Waals surface area contributed by atoms with Crippen LogP contribution in [0.25, 0.3) is 0 Å². The number of halogens is 1. The highest BCUT2D eigenvalue weighted by atomic mass is 35.5. The highest BCUT2D eigenvalue weighted by Gasteiger charge is 2.28. The maximum absolute atomic E-state index is 5.85. The Morgan fingerprint density at radius 1 is 0.622 bits per heavy atom. The molecule has 1 aliphatic heterocycles. The van der Waals surface area contributed by atoms with E-state index in [1.54, 1.807) is 0 Å². The fraction of sp³-hybridized carbons (Fsp3) is 0.613. The van der Waals surface area contributed by atoms with Crippen molar-refractivity contribution in [2.75, 3.05) is 80.7 Å². The average molecular weight is 532 g/mol. The van der Waals surface area contributed by atoms with Gasteiger partial charge in [-0.15, -0.1) is 0 Å². The number of ether oxygens (including phenoxy) is 2. The standard InChI is InChI=1S/C31H50N3O2.ClH/c1-32(2)20-26-35-30-16-12-28(13-17-30)10-8-24-34(22-6-5-7-23-34)25-9-11-29-14-18-31(19-15-29)36-27-21-33(3)4;/h12-19H,5-11,20-27H2,1-4H3;1H/q+1;/p-1. The summed E-state index contributed by atoms with van der Waals surface area (Å²) in [4.78, 5) is 4.29. The van der Waals surface area contributed by atoms with E-state index in [4.69, 9.17) is 9.47 Å². The molecule has 0 N–H and O–H groups in total. The van der Waals surface area contributed by atoms with Crippen molar-refractivity contribution < 1.29 is 26.4 Å². The summed E-state index contributed by atoms with van der Waals surface area (Å²) in [6.07, 6.45) is 9.03. The average Bonchev–Trinajstić information content (AvgIpc) is 2.86. The summed E-state index contributed by atoms with van der Waals surface area (Å²) in [6, 6.07) is 17.5. The minimum atomic E-state index is 0. The van der Waals surface area contributed by atoms with Gasteiger partial charge in [0.15, 0.2) is 0 Å². The molecular weight excluding hydrogens is 482 g/mol. The fourth-order valence-electron chi connectivity index (χ4n) is 5.18. The van der Waals surface area contributed by atoms with Gasteiger partial charge in [0.1, 0.15) is 24.7 Å². The smallest absolute Gasteiger partial charge is 0.119 e. The largest absolute Gasteiger partial charge is 1.00 e. The normalized spacial score (nSPS) is 15.0. The zero-order valence-electron chi connectivity index (χ0n) is 23.8. The molecule has 0 bridgehead atoms. The summed E-state index contributed by atoms with van der Waals surface area (Å²) in [5.74, 6) is 1.96. The SMILES string of the molecule is CN(C)CCOc1ccc(CCC[N+]2(CCCc3ccc(OCCN(C)C)cc3)CCCCC2)cc1.[Cl-]. The van der Waals surface area contributed by atoms with Crippen LogP contribution in [0.3, 0.4) is 0 Å². The summed E-state index contributed by atoms with van der Waals surface area (Å²) < 4.78 is 13.0. The van der Waals surface area contributed by atoms with Crippen LogP contribution in [0, 0.1) is 0 Å². The minimum Gasteiger partial charge on any atom is -1.00 e. The molecule has 0 amide bonds. The Balaban J connectivity index is 0.00000481. The topological polar surface area (TPSA) is 24.9 Å². The maximum atomic E-state index is 5.85. The predicted octanol–water partition coefficient (Wildman–Crippen LogP) is 2.14.